The fourth-order valence-electron chi connectivity index (χ4n) is 2.23. The van der Waals surface area contributed by atoms with Gasteiger partial charge in [0, 0.05) is 18.0 Å². The molecule has 2 heterocycles. The number of nitrogens with zero attached hydrogens (tertiary/aromatic N) is 2. The summed E-state index contributed by atoms with van der Waals surface area (Å²) in [7, 11) is 0. The minimum absolute atomic E-state index is 0.0517. The van der Waals surface area contributed by atoms with Crippen LogP contribution in [0.25, 0.3) is 0 Å². The van der Waals surface area contributed by atoms with Crippen LogP contribution in [-0.4, -0.2) is 33.5 Å². The van der Waals surface area contributed by atoms with Crippen molar-refractivity contribution in [2.75, 3.05) is 18.0 Å². The summed E-state index contributed by atoms with van der Waals surface area (Å²) in [6.07, 6.45) is 0.864. The lowest BCUT2D eigenvalue weighted by molar-refractivity contribution is 0.106. The Labute approximate surface area is 111 Å². The van der Waals surface area contributed by atoms with E-state index in [9.17, 15) is 13.6 Å². The molecule has 1 unspecified atom stereocenters. The van der Waals surface area contributed by atoms with Gasteiger partial charge < -0.3 is 9.45 Å². The zero-order chi connectivity index (χ0) is 12.9. The van der Waals surface area contributed by atoms with Gasteiger partial charge in [-0.05, 0) is 29.6 Å². The smallest absolute Gasteiger partial charge is 0.230 e. The van der Waals surface area contributed by atoms with Crippen molar-refractivity contribution in [2.24, 2.45) is 4.99 Å². The first-order valence-corrected chi connectivity index (χ1v) is 6.84. The summed E-state index contributed by atoms with van der Waals surface area (Å²) in [6, 6.07) is 2.84. The molecule has 0 fully saturated rings. The first kappa shape index (κ1) is 11.8. The van der Waals surface area contributed by atoms with Gasteiger partial charge in [0.1, 0.15) is 0 Å². The van der Waals surface area contributed by atoms with E-state index < -0.39 is 11.1 Å². The second kappa shape index (κ2) is 4.15. The monoisotopic (exact) mass is 283 g/mol. The van der Waals surface area contributed by atoms with Gasteiger partial charge in [-0.25, -0.2) is 0 Å². The number of aliphatic imine (C=N–C) groups is 1. The highest BCUT2D eigenvalue weighted by atomic mass is 35.5. The van der Waals surface area contributed by atoms with Crippen molar-refractivity contribution in [2.45, 2.75) is 11.3 Å². The molecular weight excluding hydrogens is 276 g/mol. The van der Waals surface area contributed by atoms with E-state index in [0.717, 1.165) is 6.42 Å². The summed E-state index contributed by atoms with van der Waals surface area (Å²) >= 11 is 3.46. The summed E-state index contributed by atoms with van der Waals surface area (Å²) in [6.45, 7) is 1.33. The lowest BCUT2D eigenvalue weighted by Gasteiger charge is -2.22. The molecule has 5 nitrogen and oxygen atoms in total. The van der Waals surface area contributed by atoms with Gasteiger partial charge in [-0.1, -0.05) is 11.6 Å². The van der Waals surface area contributed by atoms with Gasteiger partial charge in [0.15, 0.2) is 5.84 Å². The summed E-state index contributed by atoms with van der Waals surface area (Å²) in [5.41, 5.74) is 1.01. The highest BCUT2D eigenvalue weighted by Crippen LogP contribution is 2.36. The molecular formula is C11H8ClN2O3S-. The van der Waals surface area contributed by atoms with Crippen LogP contribution < -0.4 is 4.90 Å². The van der Waals surface area contributed by atoms with Crippen molar-refractivity contribution in [1.82, 2.24) is 0 Å². The Morgan fingerprint density at radius 2 is 2.22 bits per heavy atom. The van der Waals surface area contributed by atoms with Crippen LogP contribution >= 0.6 is 11.6 Å². The maximum atomic E-state index is 12.1. The Kier molecular flexibility index (Phi) is 2.73. The first-order chi connectivity index (χ1) is 8.59. The van der Waals surface area contributed by atoms with E-state index in [1.54, 1.807) is 4.90 Å². The van der Waals surface area contributed by atoms with E-state index in [-0.39, 0.29) is 15.7 Å². The molecule has 0 aromatic heterocycles. The van der Waals surface area contributed by atoms with Gasteiger partial charge >= 0.3 is 0 Å². The molecule has 0 bridgehead atoms. The van der Waals surface area contributed by atoms with Crippen LogP contribution in [0.1, 0.15) is 16.8 Å². The average molecular weight is 284 g/mol. The van der Waals surface area contributed by atoms with Crippen LogP contribution in [0, 0.1) is 0 Å². The molecule has 0 saturated carbocycles. The van der Waals surface area contributed by atoms with Gasteiger partial charge in [-0.2, -0.15) is 0 Å². The van der Waals surface area contributed by atoms with E-state index >= 15 is 0 Å². The minimum atomic E-state index is -2.45. The molecule has 1 aromatic carbocycles. The number of halogens is 1. The number of fused-ring (bicyclic) bond motifs is 3. The number of carbonyl (C=O) groups is 1. The maximum Gasteiger partial charge on any atom is 0.230 e. The predicted molar refractivity (Wildman–Crippen MR) is 67.2 cm³/mol. The molecule has 0 saturated heterocycles. The number of ketones is 1. The standard InChI is InChI=1S/C11H9ClN2O3S/c12-7-5-8-6(4-9(7)18(16)17)10(15)11-13-2-1-3-14(8)11/h4-5H,1-3H2,(H,16,17)/p-1. The normalized spacial score (nSPS) is 19.3. The van der Waals surface area contributed by atoms with Crippen LogP contribution in [0.2, 0.25) is 5.02 Å². The topological polar surface area (TPSA) is 72.8 Å². The zero-order valence-electron chi connectivity index (χ0n) is 9.18. The Morgan fingerprint density at radius 1 is 1.44 bits per heavy atom. The number of hydrogen-bond donors (Lipinski definition) is 0. The Bertz CT molecular complexity index is 615. The highest BCUT2D eigenvalue weighted by molar-refractivity contribution is 7.79. The fraction of sp³-hybridized carbons (Fsp3) is 0.273. The van der Waals surface area contributed by atoms with E-state index in [1.165, 1.54) is 12.1 Å². The van der Waals surface area contributed by atoms with Crippen molar-refractivity contribution in [3.63, 3.8) is 0 Å². The Balaban J connectivity index is 2.21. The van der Waals surface area contributed by atoms with Crippen molar-refractivity contribution in [3.8, 4) is 0 Å². The molecule has 0 amide bonds. The Morgan fingerprint density at radius 3 is 2.94 bits per heavy atom. The molecule has 18 heavy (non-hydrogen) atoms. The molecule has 94 valence electrons. The highest BCUT2D eigenvalue weighted by Gasteiger charge is 2.35. The van der Waals surface area contributed by atoms with Gasteiger partial charge in [0.05, 0.1) is 16.3 Å². The minimum Gasteiger partial charge on any atom is -0.768 e. The van der Waals surface area contributed by atoms with Gasteiger partial charge in [0.2, 0.25) is 5.78 Å². The SMILES string of the molecule is O=C1C2=NCCCN2c2cc(Cl)c(S(=O)[O-])cc21. The summed E-state index contributed by atoms with van der Waals surface area (Å²) < 4.78 is 22.0. The number of anilines is 1. The third-order valence-corrected chi connectivity index (χ3v) is 4.15. The number of amidine groups is 1. The molecule has 7 heteroatoms. The summed E-state index contributed by atoms with van der Waals surface area (Å²) in [5.74, 6) is 0.161. The number of benzene rings is 1. The van der Waals surface area contributed by atoms with Crippen molar-refractivity contribution >= 4 is 40.0 Å². The first-order valence-electron chi connectivity index (χ1n) is 5.39. The van der Waals surface area contributed by atoms with E-state index in [4.69, 9.17) is 11.6 Å². The molecule has 0 N–H and O–H groups in total. The third-order valence-electron chi connectivity index (χ3n) is 3.03. The predicted octanol–water partition coefficient (Wildman–Crippen LogP) is 1.38. The molecule has 0 radical (unpaired) electrons. The van der Waals surface area contributed by atoms with Gasteiger partial charge in [-0.15, -0.1) is 0 Å². The van der Waals surface area contributed by atoms with Gasteiger partial charge in [0.25, 0.3) is 0 Å². The molecule has 0 spiro atoms. The van der Waals surface area contributed by atoms with Crippen molar-refractivity contribution in [3.05, 3.63) is 22.7 Å². The zero-order valence-corrected chi connectivity index (χ0v) is 10.8. The van der Waals surface area contributed by atoms with E-state index in [2.05, 4.69) is 4.99 Å². The van der Waals surface area contributed by atoms with Gasteiger partial charge in [-0.3, -0.25) is 14.0 Å². The maximum absolute atomic E-state index is 12.1. The molecule has 0 aliphatic carbocycles. The van der Waals surface area contributed by atoms with E-state index in [0.29, 0.717) is 30.2 Å². The third kappa shape index (κ3) is 1.60. The molecule has 1 atom stereocenters. The summed E-state index contributed by atoms with van der Waals surface area (Å²) in [5, 5.41) is 0.127. The second-order valence-electron chi connectivity index (χ2n) is 4.07. The molecule has 3 rings (SSSR count). The quantitative estimate of drug-likeness (QED) is 0.730. The van der Waals surface area contributed by atoms with E-state index in [1.807, 2.05) is 0 Å². The van der Waals surface area contributed by atoms with Crippen LogP contribution in [0.5, 0.6) is 0 Å². The fourth-order valence-corrected chi connectivity index (χ4v) is 3.01. The van der Waals surface area contributed by atoms with Crippen LogP contribution in [0.15, 0.2) is 22.0 Å². The summed E-state index contributed by atoms with van der Waals surface area (Å²) in [4.78, 5) is 18.0. The van der Waals surface area contributed by atoms with Crippen LogP contribution in [0.4, 0.5) is 5.69 Å². The number of hydrogen-bond acceptors (Lipinski definition) is 5. The van der Waals surface area contributed by atoms with Crippen LogP contribution in [-0.2, 0) is 11.1 Å². The molecule has 2 aliphatic heterocycles. The number of rotatable bonds is 1. The molecule has 1 aromatic rings. The largest absolute Gasteiger partial charge is 0.768 e. The van der Waals surface area contributed by atoms with Crippen molar-refractivity contribution < 1.29 is 13.6 Å². The number of Topliss-reactive ketones (excluding diaryl/α,β-unsaturated/α-hetero) is 1. The number of carbonyl (C=O) groups excluding carboxylic acids is 1. The average Bonchev–Trinajstić information content (AvgIpc) is 2.62. The molecule has 2 aliphatic rings. The Hall–Kier alpha value is -1.24. The van der Waals surface area contributed by atoms with Crippen molar-refractivity contribution in [1.29, 1.82) is 0 Å². The van der Waals surface area contributed by atoms with Crippen LogP contribution in [0.3, 0.4) is 0 Å². The lowest BCUT2D eigenvalue weighted by atomic mass is 10.1. The lowest BCUT2D eigenvalue weighted by Crippen LogP contribution is -2.34. The second-order valence-corrected chi connectivity index (χ2v) is 5.39.